The molecule has 3 rings (SSSR count). The van der Waals surface area contributed by atoms with Gasteiger partial charge in [0.1, 0.15) is 0 Å². The number of amides is 2. The average molecular weight is 234 g/mol. The van der Waals surface area contributed by atoms with Crippen LogP contribution in [0.5, 0.6) is 0 Å². The number of hydrogen-bond donors (Lipinski definition) is 0. The number of nitrogens with zero attached hydrogens (tertiary/aromatic N) is 1. The molecule has 2 aliphatic carbocycles. The first-order valence-electron chi connectivity index (χ1n) is 5.70. The molecule has 4 atom stereocenters. The number of carbonyl (C=O) groups is 3. The summed E-state index contributed by atoms with van der Waals surface area (Å²) >= 11 is 0. The van der Waals surface area contributed by atoms with Gasteiger partial charge in [0.25, 0.3) is 0 Å². The lowest BCUT2D eigenvalue weighted by Gasteiger charge is -2.28. The summed E-state index contributed by atoms with van der Waals surface area (Å²) in [4.78, 5) is 35.8. The van der Waals surface area contributed by atoms with E-state index in [-0.39, 0.29) is 29.6 Å². The SMILES string of the molecule is C[C@]12C(=O)N(CC(=O)[O-])C(=O)[C@H]1[C@H]1C=C[C@@H]2C1. The number of imide groups is 1. The summed E-state index contributed by atoms with van der Waals surface area (Å²) in [5, 5.41) is 10.6. The monoisotopic (exact) mass is 234 g/mol. The number of carbonyl (C=O) groups excluding carboxylic acids is 3. The van der Waals surface area contributed by atoms with E-state index in [0.29, 0.717) is 0 Å². The maximum atomic E-state index is 12.2. The Morgan fingerprint density at radius 2 is 2.24 bits per heavy atom. The first kappa shape index (κ1) is 10.5. The van der Waals surface area contributed by atoms with Crippen molar-refractivity contribution in [1.29, 1.82) is 0 Å². The third-order valence-electron chi connectivity index (χ3n) is 4.49. The van der Waals surface area contributed by atoms with Crippen molar-refractivity contribution in [3.63, 3.8) is 0 Å². The Hall–Kier alpha value is -1.65. The van der Waals surface area contributed by atoms with Gasteiger partial charge in [0.2, 0.25) is 11.8 Å². The summed E-state index contributed by atoms with van der Waals surface area (Å²) in [5.74, 6) is -2.30. The molecular weight excluding hydrogens is 222 g/mol. The zero-order valence-corrected chi connectivity index (χ0v) is 9.38. The number of hydrogen-bond acceptors (Lipinski definition) is 4. The van der Waals surface area contributed by atoms with Crippen LogP contribution in [0.1, 0.15) is 13.3 Å². The van der Waals surface area contributed by atoms with Crippen LogP contribution in [0.3, 0.4) is 0 Å². The first-order chi connectivity index (χ1) is 7.96. The Balaban J connectivity index is 2.00. The molecule has 3 aliphatic rings. The molecule has 5 heteroatoms. The lowest BCUT2D eigenvalue weighted by molar-refractivity contribution is -0.305. The Bertz CT molecular complexity index is 469. The number of likely N-dealkylation sites (tertiary alicyclic amines) is 1. The third kappa shape index (κ3) is 1.06. The molecule has 1 saturated heterocycles. The van der Waals surface area contributed by atoms with Crippen molar-refractivity contribution in [2.24, 2.45) is 23.2 Å². The van der Waals surface area contributed by atoms with Gasteiger partial charge in [0.15, 0.2) is 0 Å². The van der Waals surface area contributed by atoms with Crippen LogP contribution in [0, 0.1) is 23.2 Å². The summed E-state index contributed by atoms with van der Waals surface area (Å²) in [7, 11) is 0. The van der Waals surface area contributed by atoms with E-state index >= 15 is 0 Å². The Morgan fingerprint density at radius 3 is 2.82 bits per heavy atom. The van der Waals surface area contributed by atoms with Gasteiger partial charge in [-0.15, -0.1) is 0 Å². The van der Waals surface area contributed by atoms with Crippen LogP contribution in [-0.2, 0) is 14.4 Å². The second-order valence-corrected chi connectivity index (χ2v) is 5.25. The van der Waals surface area contributed by atoms with Crippen LogP contribution in [0.25, 0.3) is 0 Å². The minimum Gasteiger partial charge on any atom is -0.548 e. The predicted octanol–water partition coefficient (Wildman–Crippen LogP) is -1.07. The highest BCUT2D eigenvalue weighted by Crippen LogP contribution is 2.60. The number of carboxylic acid groups (broad SMARTS) is 1. The second-order valence-electron chi connectivity index (χ2n) is 5.25. The fourth-order valence-electron chi connectivity index (χ4n) is 3.66. The summed E-state index contributed by atoms with van der Waals surface area (Å²) < 4.78 is 0. The molecule has 1 saturated carbocycles. The fourth-order valence-corrected chi connectivity index (χ4v) is 3.66. The van der Waals surface area contributed by atoms with E-state index in [9.17, 15) is 19.5 Å². The molecule has 2 amide bonds. The van der Waals surface area contributed by atoms with Crippen molar-refractivity contribution in [2.75, 3.05) is 6.54 Å². The highest BCUT2D eigenvalue weighted by atomic mass is 16.4. The molecule has 0 N–H and O–H groups in total. The number of rotatable bonds is 2. The zero-order chi connectivity index (χ0) is 12.4. The van der Waals surface area contributed by atoms with E-state index in [1.165, 1.54) is 0 Å². The van der Waals surface area contributed by atoms with Crippen LogP contribution in [0.4, 0.5) is 0 Å². The zero-order valence-electron chi connectivity index (χ0n) is 9.38. The molecule has 90 valence electrons. The van der Waals surface area contributed by atoms with E-state index in [2.05, 4.69) is 0 Å². The van der Waals surface area contributed by atoms with Crippen LogP contribution in [-0.4, -0.2) is 29.2 Å². The maximum Gasteiger partial charge on any atom is 0.236 e. The molecule has 1 aliphatic heterocycles. The molecule has 17 heavy (non-hydrogen) atoms. The lowest BCUT2D eigenvalue weighted by Crippen LogP contribution is -2.43. The van der Waals surface area contributed by atoms with Crippen molar-refractivity contribution in [2.45, 2.75) is 13.3 Å². The van der Waals surface area contributed by atoms with Gasteiger partial charge in [-0.05, 0) is 25.2 Å². The molecule has 2 fully saturated rings. The number of aliphatic carboxylic acids is 1. The highest BCUT2D eigenvalue weighted by Gasteiger charge is 2.66. The van der Waals surface area contributed by atoms with Gasteiger partial charge in [0.05, 0.1) is 23.8 Å². The summed E-state index contributed by atoms with van der Waals surface area (Å²) in [6.45, 7) is 1.16. The van der Waals surface area contributed by atoms with E-state index in [4.69, 9.17) is 0 Å². The Morgan fingerprint density at radius 1 is 1.53 bits per heavy atom. The van der Waals surface area contributed by atoms with Crippen LogP contribution < -0.4 is 5.11 Å². The Labute approximate surface area is 98.1 Å². The van der Waals surface area contributed by atoms with Crippen molar-refractivity contribution < 1.29 is 19.5 Å². The number of allylic oxidation sites excluding steroid dienone is 2. The molecule has 0 unspecified atom stereocenters. The molecule has 0 radical (unpaired) electrons. The predicted molar refractivity (Wildman–Crippen MR) is 54.1 cm³/mol. The third-order valence-corrected chi connectivity index (χ3v) is 4.49. The highest BCUT2D eigenvalue weighted by molar-refractivity contribution is 6.10. The van der Waals surface area contributed by atoms with Crippen molar-refractivity contribution in [3.05, 3.63) is 12.2 Å². The van der Waals surface area contributed by atoms with Gasteiger partial charge in [-0.2, -0.15) is 0 Å². The number of carboxylic acids is 1. The van der Waals surface area contributed by atoms with Crippen molar-refractivity contribution >= 4 is 17.8 Å². The smallest absolute Gasteiger partial charge is 0.236 e. The summed E-state index contributed by atoms with van der Waals surface area (Å²) in [6, 6.07) is 0. The molecule has 0 aromatic carbocycles. The summed E-state index contributed by atoms with van der Waals surface area (Å²) in [5.41, 5.74) is -0.730. The van der Waals surface area contributed by atoms with E-state index in [1.54, 1.807) is 6.92 Å². The average Bonchev–Trinajstić information content (AvgIpc) is 2.87. The number of fused-ring (bicyclic) bond motifs is 5. The van der Waals surface area contributed by atoms with Gasteiger partial charge < -0.3 is 9.90 Å². The largest absolute Gasteiger partial charge is 0.548 e. The molecular formula is C12H12NO4-. The van der Waals surface area contributed by atoms with Crippen molar-refractivity contribution in [1.82, 2.24) is 4.90 Å². The minimum absolute atomic E-state index is 0.0701. The molecule has 0 aromatic heterocycles. The fraction of sp³-hybridized carbons (Fsp3) is 0.583. The van der Waals surface area contributed by atoms with Crippen molar-refractivity contribution in [3.8, 4) is 0 Å². The first-order valence-corrected chi connectivity index (χ1v) is 5.70. The van der Waals surface area contributed by atoms with E-state index in [1.807, 2.05) is 12.2 Å². The molecule has 2 bridgehead atoms. The minimum atomic E-state index is -1.39. The Kier molecular flexibility index (Phi) is 1.83. The van der Waals surface area contributed by atoms with Crippen LogP contribution >= 0.6 is 0 Å². The van der Waals surface area contributed by atoms with Gasteiger partial charge in [-0.25, -0.2) is 0 Å². The molecule has 5 nitrogen and oxygen atoms in total. The standard InChI is InChI=1S/C12H13NO4/c1-12-7-3-2-6(4-7)9(12)10(16)13(11(12)17)5-8(14)15/h2-3,6-7,9H,4-5H2,1H3,(H,14,15)/p-1/t6-,7+,9+,12+/m0/s1. The molecule has 0 spiro atoms. The normalized spacial score (nSPS) is 42.4. The van der Waals surface area contributed by atoms with Crippen LogP contribution in [0.2, 0.25) is 0 Å². The van der Waals surface area contributed by atoms with Gasteiger partial charge in [-0.3, -0.25) is 14.5 Å². The van der Waals surface area contributed by atoms with E-state index in [0.717, 1.165) is 11.3 Å². The quantitative estimate of drug-likeness (QED) is 0.450. The van der Waals surface area contributed by atoms with Gasteiger partial charge in [0, 0.05) is 0 Å². The van der Waals surface area contributed by atoms with Gasteiger partial charge in [-0.1, -0.05) is 12.2 Å². The van der Waals surface area contributed by atoms with E-state index < -0.39 is 17.9 Å². The summed E-state index contributed by atoms with van der Waals surface area (Å²) in [6.07, 6.45) is 4.79. The topological polar surface area (TPSA) is 77.5 Å². The lowest BCUT2D eigenvalue weighted by atomic mass is 9.71. The van der Waals surface area contributed by atoms with Gasteiger partial charge >= 0.3 is 0 Å². The molecule has 1 heterocycles. The second kappa shape index (κ2) is 2.97. The molecule has 0 aromatic rings. The van der Waals surface area contributed by atoms with Crippen LogP contribution in [0.15, 0.2) is 12.2 Å². The maximum absolute atomic E-state index is 12.2.